The molecule has 0 heterocycles. The number of methoxy groups -OCH3 is 1. The Hall–Kier alpha value is -0.570. The summed E-state index contributed by atoms with van der Waals surface area (Å²) in [5.74, 6) is 0.710. The van der Waals surface area contributed by atoms with Gasteiger partial charge in [-0.3, -0.25) is 0 Å². The largest absolute Gasteiger partial charge is 0.494 e. The molecule has 1 aliphatic carbocycles. The molecule has 0 radical (unpaired) electrons. The van der Waals surface area contributed by atoms with Crippen LogP contribution in [0.4, 0.5) is 4.39 Å². The first-order valence-corrected chi connectivity index (χ1v) is 5.61. The van der Waals surface area contributed by atoms with Gasteiger partial charge in [-0.1, -0.05) is 22.0 Å². The van der Waals surface area contributed by atoms with E-state index in [-0.39, 0.29) is 5.82 Å². The van der Waals surface area contributed by atoms with Gasteiger partial charge >= 0.3 is 0 Å². The molecule has 1 aliphatic rings. The zero-order chi connectivity index (χ0) is 10.1. The van der Waals surface area contributed by atoms with E-state index in [4.69, 9.17) is 4.74 Å². The Kier molecular flexibility index (Phi) is 2.77. The average Bonchev–Trinajstić information content (AvgIpc) is 3.00. The van der Waals surface area contributed by atoms with Crippen LogP contribution in [0.3, 0.4) is 0 Å². The summed E-state index contributed by atoms with van der Waals surface area (Å²) in [6, 6.07) is 5.15. The molecule has 3 heteroatoms. The van der Waals surface area contributed by atoms with Crippen molar-refractivity contribution in [2.24, 2.45) is 5.92 Å². The summed E-state index contributed by atoms with van der Waals surface area (Å²) in [5.41, 5.74) is 1.01. The van der Waals surface area contributed by atoms with Crippen LogP contribution in [0.2, 0.25) is 0 Å². The third-order valence-corrected chi connectivity index (χ3v) is 3.81. The SMILES string of the molecule is COc1ccc(C(Br)C2CC2)cc1F. The Labute approximate surface area is 91.4 Å². The molecule has 1 aromatic rings. The molecule has 0 amide bonds. The molecule has 0 spiro atoms. The molecular weight excluding hydrogens is 247 g/mol. The standard InChI is InChI=1S/C11H12BrFO/c1-14-10-5-4-8(6-9(10)13)11(12)7-2-3-7/h4-7,11H,2-3H2,1H3. The highest BCUT2D eigenvalue weighted by atomic mass is 79.9. The smallest absolute Gasteiger partial charge is 0.165 e. The Morgan fingerprint density at radius 1 is 1.50 bits per heavy atom. The number of alkyl halides is 1. The maximum Gasteiger partial charge on any atom is 0.165 e. The van der Waals surface area contributed by atoms with Crippen LogP contribution < -0.4 is 4.74 Å². The predicted molar refractivity (Wildman–Crippen MR) is 57.3 cm³/mol. The van der Waals surface area contributed by atoms with E-state index in [1.54, 1.807) is 12.1 Å². The minimum Gasteiger partial charge on any atom is -0.494 e. The first-order valence-electron chi connectivity index (χ1n) is 4.70. The second kappa shape index (κ2) is 3.89. The van der Waals surface area contributed by atoms with Crippen LogP contribution in [0.1, 0.15) is 23.2 Å². The molecule has 76 valence electrons. The van der Waals surface area contributed by atoms with E-state index in [1.807, 2.05) is 6.07 Å². The van der Waals surface area contributed by atoms with E-state index in [0.717, 1.165) is 5.56 Å². The van der Waals surface area contributed by atoms with E-state index in [2.05, 4.69) is 15.9 Å². The molecule has 2 rings (SSSR count). The number of halogens is 2. The number of rotatable bonds is 3. The van der Waals surface area contributed by atoms with E-state index in [1.165, 1.54) is 20.0 Å². The Morgan fingerprint density at radius 2 is 2.21 bits per heavy atom. The van der Waals surface area contributed by atoms with Crippen molar-refractivity contribution < 1.29 is 9.13 Å². The van der Waals surface area contributed by atoms with Gasteiger partial charge in [0, 0.05) is 4.83 Å². The van der Waals surface area contributed by atoms with Gasteiger partial charge in [-0.2, -0.15) is 0 Å². The quantitative estimate of drug-likeness (QED) is 0.752. The minimum atomic E-state index is -0.282. The lowest BCUT2D eigenvalue weighted by Gasteiger charge is -2.10. The van der Waals surface area contributed by atoms with Crippen LogP contribution in [0.25, 0.3) is 0 Å². The molecular formula is C11H12BrFO. The zero-order valence-electron chi connectivity index (χ0n) is 7.97. The third kappa shape index (κ3) is 1.92. The van der Waals surface area contributed by atoms with Crippen molar-refractivity contribution >= 4 is 15.9 Å². The van der Waals surface area contributed by atoms with Crippen molar-refractivity contribution in [3.05, 3.63) is 29.6 Å². The lowest BCUT2D eigenvalue weighted by atomic mass is 10.1. The highest BCUT2D eigenvalue weighted by molar-refractivity contribution is 9.09. The lowest BCUT2D eigenvalue weighted by Crippen LogP contribution is -1.95. The van der Waals surface area contributed by atoms with Crippen molar-refractivity contribution in [2.45, 2.75) is 17.7 Å². The maximum atomic E-state index is 13.3. The van der Waals surface area contributed by atoms with Gasteiger partial charge in [0.2, 0.25) is 0 Å². The highest BCUT2D eigenvalue weighted by Gasteiger charge is 2.30. The van der Waals surface area contributed by atoms with Gasteiger partial charge in [-0.15, -0.1) is 0 Å². The van der Waals surface area contributed by atoms with Crippen molar-refractivity contribution in [1.29, 1.82) is 0 Å². The van der Waals surface area contributed by atoms with Gasteiger partial charge < -0.3 is 4.74 Å². The molecule has 0 bridgehead atoms. The Morgan fingerprint density at radius 3 is 2.71 bits per heavy atom. The van der Waals surface area contributed by atoms with Crippen molar-refractivity contribution in [3.63, 3.8) is 0 Å². The van der Waals surface area contributed by atoms with E-state index < -0.39 is 0 Å². The molecule has 1 fully saturated rings. The predicted octanol–water partition coefficient (Wildman–Crippen LogP) is 3.68. The fraction of sp³-hybridized carbons (Fsp3) is 0.455. The van der Waals surface area contributed by atoms with Gasteiger partial charge in [-0.25, -0.2) is 4.39 Å². The van der Waals surface area contributed by atoms with Crippen LogP contribution in [-0.2, 0) is 0 Å². The van der Waals surface area contributed by atoms with Crippen LogP contribution in [0.15, 0.2) is 18.2 Å². The van der Waals surface area contributed by atoms with Gasteiger partial charge in [0.15, 0.2) is 11.6 Å². The number of hydrogen-bond acceptors (Lipinski definition) is 1. The number of benzene rings is 1. The lowest BCUT2D eigenvalue weighted by molar-refractivity contribution is 0.386. The average molecular weight is 259 g/mol. The fourth-order valence-corrected chi connectivity index (χ4v) is 2.33. The molecule has 0 aliphatic heterocycles. The Balaban J connectivity index is 2.22. The molecule has 1 nitrogen and oxygen atoms in total. The molecule has 0 aromatic heterocycles. The van der Waals surface area contributed by atoms with Gasteiger partial charge in [-0.05, 0) is 36.5 Å². The van der Waals surface area contributed by atoms with Crippen molar-refractivity contribution in [1.82, 2.24) is 0 Å². The van der Waals surface area contributed by atoms with Gasteiger partial charge in [0.25, 0.3) is 0 Å². The molecule has 14 heavy (non-hydrogen) atoms. The Bertz CT molecular complexity index is 336. The zero-order valence-corrected chi connectivity index (χ0v) is 9.55. The van der Waals surface area contributed by atoms with Crippen LogP contribution in [0.5, 0.6) is 5.75 Å². The summed E-state index contributed by atoms with van der Waals surface area (Å²) in [7, 11) is 1.48. The topological polar surface area (TPSA) is 9.23 Å². The van der Waals surface area contributed by atoms with E-state index in [0.29, 0.717) is 16.5 Å². The molecule has 0 N–H and O–H groups in total. The first kappa shape index (κ1) is 9.97. The summed E-state index contributed by atoms with van der Waals surface area (Å²) in [6.45, 7) is 0. The summed E-state index contributed by atoms with van der Waals surface area (Å²) >= 11 is 3.59. The van der Waals surface area contributed by atoms with Gasteiger partial charge in [0.05, 0.1) is 7.11 Å². The van der Waals surface area contributed by atoms with Crippen LogP contribution in [-0.4, -0.2) is 7.11 Å². The molecule has 1 unspecified atom stereocenters. The van der Waals surface area contributed by atoms with E-state index in [9.17, 15) is 4.39 Å². The van der Waals surface area contributed by atoms with Crippen LogP contribution >= 0.6 is 15.9 Å². The second-order valence-corrected chi connectivity index (χ2v) is 4.62. The van der Waals surface area contributed by atoms with Crippen molar-refractivity contribution in [2.75, 3.05) is 7.11 Å². The third-order valence-electron chi connectivity index (χ3n) is 2.53. The number of ether oxygens (including phenoxy) is 1. The normalized spacial score (nSPS) is 17.9. The van der Waals surface area contributed by atoms with Gasteiger partial charge in [0.1, 0.15) is 0 Å². The van der Waals surface area contributed by atoms with E-state index >= 15 is 0 Å². The highest BCUT2D eigenvalue weighted by Crippen LogP contribution is 2.46. The summed E-state index contributed by atoms with van der Waals surface area (Å²) in [5, 5.41) is 0. The summed E-state index contributed by atoms with van der Waals surface area (Å²) in [4.78, 5) is 0.294. The molecule has 0 saturated heterocycles. The molecule has 1 atom stereocenters. The fourth-order valence-electron chi connectivity index (χ4n) is 1.52. The minimum absolute atomic E-state index is 0.282. The molecule has 1 aromatic carbocycles. The van der Waals surface area contributed by atoms with Crippen LogP contribution in [0, 0.1) is 11.7 Å². The second-order valence-electron chi connectivity index (χ2n) is 3.63. The summed E-state index contributed by atoms with van der Waals surface area (Å²) < 4.78 is 18.2. The monoisotopic (exact) mass is 258 g/mol. The summed E-state index contributed by atoms with van der Waals surface area (Å²) in [6.07, 6.45) is 2.48. The van der Waals surface area contributed by atoms with Crippen molar-refractivity contribution in [3.8, 4) is 5.75 Å². The first-order chi connectivity index (χ1) is 6.72. The maximum absolute atomic E-state index is 13.3. The molecule has 1 saturated carbocycles. The number of hydrogen-bond donors (Lipinski definition) is 0.